The Labute approximate surface area is 117 Å². The molecule has 0 bridgehead atoms. The average Bonchev–Trinajstić information content (AvgIpc) is 2.81. The summed E-state index contributed by atoms with van der Waals surface area (Å²) in [4.78, 5) is 0. The zero-order valence-corrected chi connectivity index (χ0v) is 12.5. The molecule has 1 aliphatic rings. The van der Waals surface area contributed by atoms with Gasteiger partial charge >= 0.3 is 0 Å². The van der Waals surface area contributed by atoms with E-state index in [-0.39, 0.29) is 11.5 Å². The second kappa shape index (κ2) is 6.06. The number of benzene rings is 1. The van der Waals surface area contributed by atoms with Crippen molar-refractivity contribution in [3.05, 3.63) is 35.4 Å². The van der Waals surface area contributed by atoms with Gasteiger partial charge in [0.2, 0.25) is 0 Å². The van der Waals surface area contributed by atoms with E-state index in [1.54, 1.807) is 0 Å². The molecule has 0 amide bonds. The highest BCUT2D eigenvalue weighted by atomic mass is 16.5. The molecule has 0 aromatic heterocycles. The standard InChI is InChI=1S/C17H27NO/c1-17(2,3)14-8-6-13(7-9-14)11-15(18)12-16-5-4-10-19-16/h6-9,15-16H,4-5,10-12,18H2,1-3H3. The maximum Gasteiger partial charge on any atom is 0.0590 e. The third-order valence-electron chi connectivity index (χ3n) is 3.91. The van der Waals surface area contributed by atoms with Gasteiger partial charge in [-0.15, -0.1) is 0 Å². The Morgan fingerprint density at radius 3 is 2.47 bits per heavy atom. The van der Waals surface area contributed by atoms with Crippen molar-refractivity contribution >= 4 is 0 Å². The van der Waals surface area contributed by atoms with Crippen molar-refractivity contribution in [2.24, 2.45) is 5.73 Å². The molecule has 19 heavy (non-hydrogen) atoms. The van der Waals surface area contributed by atoms with Crippen LogP contribution in [0.4, 0.5) is 0 Å². The van der Waals surface area contributed by atoms with E-state index in [1.165, 1.54) is 24.0 Å². The fourth-order valence-electron chi connectivity index (χ4n) is 2.69. The zero-order valence-electron chi connectivity index (χ0n) is 12.5. The van der Waals surface area contributed by atoms with Crippen LogP contribution in [0.15, 0.2) is 24.3 Å². The van der Waals surface area contributed by atoms with Gasteiger partial charge in [-0.25, -0.2) is 0 Å². The topological polar surface area (TPSA) is 35.2 Å². The van der Waals surface area contributed by atoms with Crippen LogP contribution in [0, 0.1) is 0 Å². The van der Waals surface area contributed by atoms with Crippen molar-refractivity contribution in [2.45, 2.75) is 64.0 Å². The van der Waals surface area contributed by atoms with Crippen molar-refractivity contribution in [2.75, 3.05) is 6.61 Å². The smallest absolute Gasteiger partial charge is 0.0590 e. The number of hydrogen-bond donors (Lipinski definition) is 1. The Kier molecular flexibility index (Phi) is 4.64. The van der Waals surface area contributed by atoms with Crippen LogP contribution >= 0.6 is 0 Å². The van der Waals surface area contributed by atoms with Gasteiger partial charge in [-0.1, -0.05) is 45.0 Å². The first-order valence-corrected chi connectivity index (χ1v) is 7.42. The maximum atomic E-state index is 6.23. The molecule has 2 nitrogen and oxygen atoms in total. The van der Waals surface area contributed by atoms with Crippen LogP contribution in [0.2, 0.25) is 0 Å². The normalized spacial score (nSPS) is 21.6. The molecule has 2 heteroatoms. The van der Waals surface area contributed by atoms with E-state index >= 15 is 0 Å². The molecule has 0 aliphatic carbocycles. The van der Waals surface area contributed by atoms with Crippen LogP contribution in [0.25, 0.3) is 0 Å². The van der Waals surface area contributed by atoms with E-state index in [9.17, 15) is 0 Å². The van der Waals surface area contributed by atoms with Gasteiger partial charge in [0.25, 0.3) is 0 Å². The predicted octanol–water partition coefficient (Wildman–Crippen LogP) is 3.42. The maximum absolute atomic E-state index is 6.23. The molecule has 1 fully saturated rings. The van der Waals surface area contributed by atoms with Gasteiger partial charge in [-0.2, -0.15) is 0 Å². The van der Waals surface area contributed by atoms with Gasteiger partial charge in [-0.05, 0) is 42.2 Å². The molecule has 2 unspecified atom stereocenters. The van der Waals surface area contributed by atoms with E-state index in [0.29, 0.717) is 6.10 Å². The minimum Gasteiger partial charge on any atom is -0.378 e. The highest BCUT2D eigenvalue weighted by Gasteiger charge is 2.19. The lowest BCUT2D eigenvalue weighted by Crippen LogP contribution is -2.28. The molecule has 1 aromatic rings. The highest BCUT2D eigenvalue weighted by molar-refractivity contribution is 5.27. The largest absolute Gasteiger partial charge is 0.378 e. The Bertz CT molecular complexity index is 385. The molecular weight excluding hydrogens is 234 g/mol. The number of rotatable bonds is 4. The SMILES string of the molecule is CC(C)(C)c1ccc(CC(N)CC2CCCO2)cc1. The Balaban J connectivity index is 1.88. The van der Waals surface area contributed by atoms with Gasteiger partial charge in [-0.3, -0.25) is 0 Å². The van der Waals surface area contributed by atoms with Gasteiger partial charge in [0.15, 0.2) is 0 Å². The molecule has 106 valence electrons. The second-order valence-corrected chi connectivity index (χ2v) is 6.78. The first kappa shape index (κ1) is 14.5. The first-order valence-electron chi connectivity index (χ1n) is 7.42. The van der Waals surface area contributed by atoms with Gasteiger partial charge in [0.1, 0.15) is 0 Å². The van der Waals surface area contributed by atoms with Crippen molar-refractivity contribution in [3.63, 3.8) is 0 Å². The predicted molar refractivity (Wildman–Crippen MR) is 80.4 cm³/mol. The fourth-order valence-corrected chi connectivity index (χ4v) is 2.69. The van der Waals surface area contributed by atoms with Gasteiger partial charge in [0.05, 0.1) is 6.10 Å². The van der Waals surface area contributed by atoms with Crippen LogP contribution in [0.5, 0.6) is 0 Å². The molecule has 0 radical (unpaired) electrons. The lowest BCUT2D eigenvalue weighted by molar-refractivity contribution is 0.0983. The summed E-state index contributed by atoms with van der Waals surface area (Å²) in [5, 5.41) is 0. The summed E-state index contributed by atoms with van der Waals surface area (Å²) in [6.45, 7) is 7.64. The third kappa shape index (κ3) is 4.32. The van der Waals surface area contributed by atoms with E-state index < -0.39 is 0 Å². The number of ether oxygens (including phenoxy) is 1. The van der Waals surface area contributed by atoms with Crippen LogP contribution in [-0.2, 0) is 16.6 Å². The summed E-state index contributed by atoms with van der Waals surface area (Å²) in [5.41, 5.74) is 9.16. The number of nitrogens with two attached hydrogens (primary N) is 1. The van der Waals surface area contributed by atoms with Gasteiger partial charge in [0, 0.05) is 12.6 Å². The quantitative estimate of drug-likeness (QED) is 0.901. The van der Waals surface area contributed by atoms with Crippen LogP contribution < -0.4 is 5.73 Å². The Morgan fingerprint density at radius 2 is 1.95 bits per heavy atom. The zero-order chi connectivity index (χ0) is 13.9. The van der Waals surface area contributed by atoms with E-state index in [4.69, 9.17) is 10.5 Å². The summed E-state index contributed by atoms with van der Waals surface area (Å²) >= 11 is 0. The highest BCUT2D eigenvalue weighted by Crippen LogP contribution is 2.23. The summed E-state index contributed by atoms with van der Waals surface area (Å²) in [6.07, 6.45) is 4.70. The summed E-state index contributed by atoms with van der Waals surface area (Å²) in [5.74, 6) is 0. The Hall–Kier alpha value is -0.860. The van der Waals surface area contributed by atoms with Crippen molar-refractivity contribution < 1.29 is 4.74 Å². The molecule has 2 N–H and O–H groups in total. The fraction of sp³-hybridized carbons (Fsp3) is 0.647. The molecule has 0 saturated carbocycles. The lowest BCUT2D eigenvalue weighted by Gasteiger charge is -2.20. The summed E-state index contributed by atoms with van der Waals surface area (Å²) < 4.78 is 5.65. The van der Waals surface area contributed by atoms with E-state index in [2.05, 4.69) is 45.0 Å². The molecule has 1 saturated heterocycles. The molecular formula is C17H27NO. The van der Waals surface area contributed by atoms with Crippen LogP contribution in [0.3, 0.4) is 0 Å². The minimum atomic E-state index is 0.212. The van der Waals surface area contributed by atoms with Crippen molar-refractivity contribution in [1.29, 1.82) is 0 Å². The average molecular weight is 261 g/mol. The monoisotopic (exact) mass is 261 g/mol. The molecule has 1 aliphatic heterocycles. The van der Waals surface area contributed by atoms with Gasteiger partial charge < -0.3 is 10.5 Å². The molecule has 1 aromatic carbocycles. The van der Waals surface area contributed by atoms with Crippen molar-refractivity contribution in [1.82, 2.24) is 0 Å². The first-order chi connectivity index (χ1) is 8.95. The lowest BCUT2D eigenvalue weighted by atomic mass is 9.86. The van der Waals surface area contributed by atoms with Crippen molar-refractivity contribution in [3.8, 4) is 0 Å². The van der Waals surface area contributed by atoms with Crippen LogP contribution in [-0.4, -0.2) is 18.8 Å². The Morgan fingerprint density at radius 1 is 1.26 bits per heavy atom. The third-order valence-corrected chi connectivity index (χ3v) is 3.91. The summed E-state index contributed by atoms with van der Waals surface area (Å²) in [7, 11) is 0. The molecule has 1 heterocycles. The second-order valence-electron chi connectivity index (χ2n) is 6.78. The van der Waals surface area contributed by atoms with E-state index in [0.717, 1.165) is 19.4 Å². The molecule has 2 atom stereocenters. The van der Waals surface area contributed by atoms with Crippen LogP contribution in [0.1, 0.15) is 51.2 Å². The molecule has 2 rings (SSSR count). The summed E-state index contributed by atoms with van der Waals surface area (Å²) in [6, 6.07) is 9.11. The number of hydrogen-bond acceptors (Lipinski definition) is 2. The van der Waals surface area contributed by atoms with E-state index in [1.807, 2.05) is 0 Å². The molecule has 0 spiro atoms. The minimum absolute atomic E-state index is 0.212.